The first-order valence-electron chi connectivity index (χ1n) is 8.51. The summed E-state index contributed by atoms with van der Waals surface area (Å²) in [5.74, 6) is 0.171. The van der Waals surface area contributed by atoms with Crippen molar-refractivity contribution in [2.24, 2.45) is 5.41 Å². The molecule has 0 aromatic heterocycles. The molecule has 2 aliphatic heterocycles. The highest BCUT2D eigenvalue weighted by Crippen LogP contribution is 2.41. The van der Waals surface area contributed by atoms with Gasteiger partial charge in [0.15, 0.2) is 0 Å². The maximum atomic E-state index is 12.5. The first kappa shape index (κ1) is 16.7. The average molecular weight is 336 g/mol. The molecule has 2 N–H and O–H groups in total. The van der Waals surface area contributed by atoms with E-state index in [1.54, 1.807) is 0 Å². The predicted molar refractivity (Wildman–Crippen MR) is 93.7 cm³/mol. The molecule has 1 aromatic carbocycles. The molecule has 2 fully saturated rings. The van der Waals surface area contributed by atoms with E-state index in [2.05, 4.69) is 22.6 Å². The summed E-state index contributed by atoms with van der Waals surface area (Å²) in [5, 5.41) is 7.27. The van der Waals surface area contributed by atoms with Crippen LogP contribution in [0.2, 0.25) is 5.02 Å². The standard InChI is InChI=1S/C18H26ClN3O/c1-22-13-18(6-9-20-10-7-18)12-16(22)17(23)21-8-5-14-3-2-4-15(19)11-14/h2-4,11,16,20H,5-10,12-13H2,1H3,(H,21,23)/t16-/m1/s1. The van der Waals surface area contributed by atoms with E-state index in [-0.39, 0.29) is 11.9 Å². The van der Waals surface area contributed by atoms with Crippen LogP contribution >= 0.6 is 11.6 Å². The highest BCUT2D eigenvalue weighted by atomic mass is 35.5. The lowest BCUT2D eigenvalue weighted by atomic mass is 9.77. The van der Waals surface area contributed by atoms with Gasteiger partial charge in [0.05, 0.1) is 6.04 Å². The number of carbonyl (C=O) groups excluding carboxylic acids is 1. The third-order valence-electron chi connectivity index (χ3n) is 5.31. The number of carbonyl (C=O) groups is 1. The van der Waals surface area contributed by atoms with Crippen molar-refractivity contribution in [1.29, 1.82) is 0 Å². The lowest BCUT2D eigenvalue weighted by molar-refractivity contribution is -0.125. The Morgan fingerprint density at radius 2 is 2.22 bits per heavy atom. The molecule has 23 heavy (non-hydrogen) atoms. The summed E-state index contributed by atoms with van der Waals surface area (Å²) >= 11 is 5.99. The Kier molecular flexibility index (Phi) is 5.24. The SMILES string of the molecule is CN1CC2(CCNCC2)C[C@@H]1C(=O)NCCc1cccc(Cl)c1. The third kappa shape index (κ3) is 4.06. The number of amides is 1. The largest absolute Gasteiger partial charge is 0.354 e. The number of nitrogens with zero attached hydrogens (tertiary/aromatic N) is 1. The Morgan fingerprint density at radius 3 is 2.96 bits per heavy atom. The van der Waals surface area contributed by atoms with Crippen molar-refractivity contribution in [2.75, 3.05) is 33.2 Å². The predicted octanol–water partition coefficient (Wildman–Crippen LogP) is 2.07. The number of hydrogen-bond acceptors (Lipinski definition) is 3. The van der Waals surface area contributed by atoms with Crippen molar-refractivity contribution < 1.29 is 4.79 Å². The van der Waals surface area contributed by atoms with Gasteiger partial charge in [-0.15, -0.1) is 0 Å². The average Bonchev–Trinajstić information content (AvgIpc) is 2.84. The van der Waals surface area contributed by atoms with E-state index in [0.29, 0.717) is 12.0 Å². The van der Waals surface area contributed by atoms with E-state index in [9.17, 15) is 4.79 Å². The Bertz CT molecular complexity index is 557. The molecule has 2 aliphatic rings. The Labute approximate surface area is 143 Å². The van der Waals surface area contributed by atoms with Crippen molar-refractivity contribution in [3.05, 3.63) is 34.9 Å². The number of benzene rings is 1. The van der Waals surface area contributed by atoms with Crippen LogP contribution in [0.5, 0.6) is 0 Å². The normalized spacial score (nSPS) is 24.0. The number of hydrogen-bond donors (Lipinski definition) is 2. The maximum Gasteiger partial charge on any atom is 0.237 e. The highest BCUT2D eigenvalue weighted by molar-refractivity contribution is 6.30. The molecule has 2 saturated heterocycles. The summed E-state index contributed by atoms with van der Waals surface area (Å²) < 4.78 is 0. The highest BCUT2D eigenvalue weighted by Gasteiger charge is 2.45. The van der Waals surface area contributed by atoms with Gasteiger partial charge in [0.2, 0.25) is 5.91 Å². The van der Waals surface area contributed by atoms with Crippen LogP contribution in [-0.4, -0.2) is 50.1 Å². The van der Waals surface area contributed by atoms with Gasteiger partial charge in [-0.3, -0.25) is 9.69 Å². The molecule has 0 saturated carbocycles. The van der Waals surface area contributed by atoms with Crippen LogP contribution in [0.3, 0.4) is 0 Å². The number of nitrogens with one attached hydrogen (secondary N) is 2. The maximum absolute atomic E-state index is 12.5. The number of likely N-dealkylation sites (N-methyl/N-ethyl adjacent to an activating group) is 1. The summed E-state index contributed by atoms with van der Waals surface area (Å²) in [4.78, 5) is 14.8. The molecule has 1 spiro atoms. The molecule has 126 valence electrons. The van der Waals surface area contributed by atoms with Crippen molar-refractivity contribution in [1.82, 2.24) is 15.5 Å². The van der Waals surface area contributed by atoms with Crippen LogP contribution in [0.25, 0.3) is 0 Å². The molecule has 0 radical (unpaired) electrons. The topological polar surface area (TPSA) is 44.4 Å². The minimum atomic E-state index is 0.0208. The molecule has 0 bridgehead atoms. The van der Waals surface area contributed by atoms with Crippen molar-refractivity contribution in [3.63, 3.8) is 0 Å². The summed E-state index contributed by atoms with van der Waals surface area (Å²) in [7, 11) is 2.08. The van der Waals surface area contributed by atoms with Gasteiger partial charge < -0.3 is 10.6 Å². The zero-order valence-corrected chi connectivity index (χ0v) is 14.5. The second-order valence-electron chi connectivity index (χ2n) is 7.06. The first-order valence-corrected chi connectivity index (χ1v) is 8.89. The molecule has 0 aliphatic carbocycles. The fourth-order valence-electron chi connectivity index (χ4n) is 4.02. The van der Waals surface area contributed by atoms with E-state index in [4.69, 9.17) is 11.6 Å². The van der Waals surface area contributed by atoms with Gasteiger partial charge in [0.1, 0.15) is 0 Å². The van der Waals surface area contributed by atoms with Gasteiger partial charge in [-0.2, -0.15) is 0 Å². The molecular formula is C18H26ClN3O. The lowest BCUT2D eigenvalue weighted by Gasteiger charge is -2.33. The number of halogens is 1. The summed E-state index contributed by atoms with van der Waals surface area (Å²) in [6.07, 6.45) is 4.18. The molecule has 0 unspecified atom stereocenters. The van der Waals surface area contributed by atoms with Crippen LogP contribution in [0, 0.1) is 5.41 Å². The van der Waals surface area contributed by atoms with E-state index in [1.807, 2.05) is 24.3 Å². The summed E-state index contributed by atoms with van der Waals surface area (Å²) in [6.45, 7) is 3.87. The van der Waals surface area contributed by atoms with E-state index >= 15 is 0 Å². The van der Waals surface area contributed by atoms with Crippen molar-refractivity contribution >= 4 is 17.5 Å². The van der Waals surface area contributed by atoms with Gasteiger partial charge in [-0.05, 0) is 68.9 Å². The third-order valence-corrected chi connectivity index (χ3v) is 5.55. The number of likely N-dealkylation sites (tertiary alicyclic amines) is 1. The summed E-state index contributed by atoms with van der Waals surface area (Å²) in [5.41, 5.74) is 1.50. The van der Waals surface area contributed by atoms with Crippen molar-refractivity contribution in [3.8, 4) is 0 Å². The van der Waals surface area contributed by atoms with Crippen LogP contribution in [0.1, 0.15) is 24.8 Å². The van der Waals surface area contributed by atoms with Gasteiger partial charge in [-0.25, -0.2) is 0 Å². The Hall–Kier alpha value is -1.10. The zero-order chi connectivity index (χ0) is 16.3. The monoisotopic (exact) mass is 335 g/mol. The Morgan fingerprint density at radius 1 is 1.43 bits per heavy atom. The zero-order valence-electron chi connectivity index (χ0n) is 13.8. The van der Waals surface area contributed by atoms with Gasteiger partial charge in [-0.1, -0.05) is 23.7 Å². The minimum Gasteiger partial charge on any atom is -0.354 e. The van der Waals surface area contributed by atoms with Crippen LogP contribution < -0.4 is 10.6 Å². The molecule has 2 heterocycles. The second kappa shape index (κ2) is 7.20. The molecule has 1 amide bonds. The number of rotatable bonds is 4. The van der Waals surface area contributed by atoms with Crippen LogP contribution in [-0.2, 0) is 11.2 Å². The van der Waals surface area contributed by atoms with Crippen molar-refractivity contribution in [2.45, 2.75) is 31.7 Å². The number of piperidine rings is 1. The second-order valence-corrected chi connectivity index (χ2v) is 7.49. The van der Waals surface area contributed by atoms with E-state index in [1.165, 1.54) is 12.8 Å². The van der Waals surface area contributed by atoms with E-state index < -0.39 is 0 Å². The van der Waals surface area contributed by atoms with Gasteiger partial charge in [0.25, 0.3) is 0 Å². The van der Waals surface area contributed by atoms with Crippen LogP contribution in [0.15, 0.2) is 24.3 Å². The molecule has 1 atom stereocenters. The minimum absolute atomic E-state index is 0.0208. The first-order chi connectivity index (χ1) is 11.1. The fourth-order valence-corrected chi connectivity index (χ4v) is 4.24. The van der Waals surface area contributed by atoms with Gasteiger partial charge in [0, 0.05) is 18.1 Å². The summed E-state index contributed by atoms with van der Waals surface area (Å²) in [6, 6.07) is 7.84. The molecule has 5 heteroatoms. The molecule has 3 rings (SSSR count). The fraction of sp³-hybridized carbons (Fsp3) is 0.611. The molecule has 1 aromatic rings. The Balaban J connectivity index is 1.50. The van der Waals surface area contributed by atoms with E-state index in [0.717, 1.165) is 43.1 Å². The molecule has 4 nitrogen and oxygen atoms in total. The van der Waals surface area contributed by atoms with Gasteiger partial charge >= 0.3 is 0 Å². The van der Waals surface area contributed by atoms with Crippen LogP contribution in [0.4, 0.5) is 0 Å². The lowest BCUT2D eigenvalue weighted by Crippen LogP contribution is -2.42. The quantitative estimate of drug-likeness (QED) is 0.885. The smallest absolute Gasteiger partial charge is 0.237 e. The molecular weight excluding hydrogens is 310 g/mol.